The largest absolute Gasteiger partial charge is 0.273 e. The fourth-order valence-electron chi connectivity index (χ4n) is 1.36. The van der Waals surface area contributed by atoms with Gasteiger partial charge in [0.2, 0.25) is 0 Å². The van der Waals surface area contributed by atoms with Crippen molar-refractivity contribution < 1.29 is 4.79 Å². The Balaban J connectivity index is 2.07. The maximum Gasteiger partial charge on any atom is 0.255 e. The van der Waals surface area contributed by atoms with Crippen molar-refractivity contribution in [2.45, 2.75) is 5.33 Å². The first-order valence-corrected chi connectivity index (χ1v) is 6.27. The molecule has 0 unspecified atom stereocenters. The quantitative estimate of drug-likeness (QED) is 0.643. The Labute approximate surface area is 108 Å². The Kier molecular flexibility index (Phi) is 3.88. The molecule has 3 nitrogen and oxygen atoms in total. The molecule has 0 atom stereocenters. The number of rotatable bonds is 3. The Hall–Kier alpha value is -1.68. The average molecular weight is 291 g/mol. The number of alkyl halides is 1. The van der Waals surface area contributed by atoms with E-state index in [0.29, 0.717) is 0 Å². The highest BCUT2D eigenvalue weighted by Gasteiger charge is 1.97. The van der Waals surface area contributed by atoms with Gasteiger partial charge in [0.05, 0.1) is 0 Å². The number of aromatic nitrogens is 2. The molecule has 4 heteroatoms. The number of carbonyl (C=O) groups is 1. The molecule has 0 amide bonds. The number of benzene rings is 1. The minimum Gasteiger partial charge on any atom is -0.273 e. The summed E-state index contributed by atoms with van der Waals surface area (Å²) in [6.07, 6.45) is 8.02. The van der Waals surface area contributed by atoms with E-state index in [4.69, 9.17) is 0 Å². The number of halogens is 1. The van der Waals surface area contributed by atoms with Gasteiger partial charge in [-0.3, -0.25) is 9.36 Å². The van der Waals surface area contributed by atoms with E-state index in [0.717, 1.165) is 10.9 Å². The van der Waals surface area contributed by atoms with Crippen LogP contribution >= 0.6 is 15.9 Å². The molecule has 2 rings (SSSR count). The zero-order chi connectivity index (χ0) is 12.1. The van der Waals surface area contributed by atoms with Crippen LogP contribution in [0.2, 0.25) is 0 Å². The summed E-state index contributed by atoms with van der Waals surface area (Å²) >= 11 is 3.39. The molecule has 0 N–H and O–H groups in total. The highest BCUT2D eigenvalue weighted by atomic mass is 79.9. The fourth-order valence-corrected chi connectivity index (χ4v) is 1.73. The van der Waals surface area contributed by atoms with Crippen molar-refractivity contribution in [2.24, 2.45) is 0 Å². The third-order valence-electron chi connectivity index (χ3n) is 2.31. The van der Waals surface area contributed by atoms with Crippen LogP contribution in [-0.2, 0) is 5.33 Å². The predicted molar refractivity (Wildman–Crippen MR) is 71.0 cm³/mol. The summed E-state index contributed by atoms with van der Waals surface area (Å²) in [5.41, 5.74) is 2.21. The molecule has 1 heterocycles. The predicted octanol–water partition coefficient (Wildman–Crippen LogP) is 3.13. The molecule has 0 radical (unpaired) electrons. The van der Waals surface area contributed by atoms with E-state index < -0.39 is 0 Å². The third kappa shape index (κ3) is 3.14. The van der Waals surface area contributed by atoms with E-state index in [1.807, 2.05) is 24.3 Å². The standard InChI is InChI=1S/C13H11BrN2O/c14-9-12-3-1-11(2-4-12)5-6-13(17)16-8-7-15-10-16/h1-8,10H,9H2/b6-5+. The lowest BCUT2D eigenvalue weighted by Gasteiger charge is -1.97. The van der Waals surface area contributed by atoms with Crippen LogP contribution in [-0.4, -0.2) is 15.5 Å². The van der Waals surface area contributed by atoms with E-state index in [1.165, 1.54) is 22.5 Å². The van der Waals surface area contributed by atoms with Gasteiger partial charge in [-0.15, -0.1) is 0 Å². The Morgan fingerprint density at radius 2 is 2.12 bits per heavy atom. The van der Waals surface area contributed by atoms with Crippen LogP contribution in [0.3, 0.4) is 0 Å². The Morgan fingerprint density at radius 1 is 1.35 bits per heavy atom. The van der Waals surface area contributed by atoms with E-state index in [2.05, 4.69) is 20.9 Å². The molecule has 0 spiro atoms. The monoisotopic (exact) mass is 290 g/mol. The molecule has 0 fully saturated rings. The molecule has 86 valence electrons. The second-order valence-corrected chi connectivity index (χ2v) is 4.08. The van der Waals surface area contributed by atoms with E-state index in [1.54, 1.807) is 18.5 Å². The van der Waals surface area contributed by atoms with Gasteiger partial charge in [0, 0.05) is 23.8 Å². The fraction of sp³-hybridized carbons (Fsp3) is 0.0769. The van der Waals surface area contributed by atoms with Gasteiger partial charge in [0.15, 0.2) is 0 Å². The van der Waals surface area contributed by atoms with Crippen LogP contribution in [0.5, 0.6) is 0 Å². The van der Waals surface area contributed by atoms with Crippen LogP contribution in [0.15, 0.2) is 49.1 Å². The normalized spacial score (nSPS) is 10.9. The first-order valence-electron chi connectivity index (χ1n) is 5.15. The summed E-state index contributed by atoms with van der Waals surface area (Å²) in [5.74, 6) is -0.105. The molecule has 2 aromatic rings. The van der Waals surface area contributed by atoms with Gasteiger partial charge in [-0.1, -0.05) is 40.2 Å². The lowest BCUT2D eigenvalue weighted by molar-refractivity contribution is 0.0969. The van der Waals surface area contributed by atoms with Gasteiger partial charge in [-0.05, 0) is 17.2 Å². The maximum absolute atomic E-state index is 11.6. The van der Waals surface area contributed by atoms with E-state index >= 15 is 0 Å². The van der Waals surface area contributed by atoms with Crippen molar-refractivity contribution in [1.29, 1.82) is 0 Å². The van der Waals surface area contributed by atoms with Crippen LogP contribution in [0, 0.1) is 0 Å². The molecular formula is C13H11BrN2O. The van der Waals surface area contributed by atoms with E-state index in [9.17, 15) is 4.79 Å². The topological polar surface area (TPSA) is 34.9 Å². The van der Waals surface area contributed by atoms with Gasteiger partial charge < -0.3 is 0 Å². The summed E-state index contributed by atoms with van der Waals surface area (Å²) in [4.78, 5) is 15.5. The van der Waals surface area contributed by atoms with Gasteiger partial charge in [-0.2, -0.15) is 0 Å². The van der Waals surface area contributed by atoms with Crippen molar-refractivity contribution in [3.05, 3.63) is 60.2 Å². The summed E-state index contributed by atoms with van der Waals surface area (Å²) in [6, 6.07) is 8.01. The molecule has 0 aliphatic carbocycles. The number of hydrogen-bond donors (Lipinski definition) is 0. The summed E-state index contributed by atoms with van der Waals surface area (Å²) in [7, 11) is 0. The minimum absolute atomic E-state index is 0.105. The lowest BCUT2D eigenvalue weighted by Crippen LogP contribution is -2.03. The van der Waals surface area contributed by atoms with Crippen molar-refractivity contribution in [3.63, 3.8) is 0 Å². The lowest BCUT2D eigenvalue weighted by atomic mass is 10.1. The first kappa shape index (κ1) is 11.8. The van der Waals surface area contributed by atoms with Crippen molar-refractivity contribution in [2.75, 3.05) is 0 Å². The van der Waals surface area contributed by atoms with Crippen LogP contribution in [0.25, 0.3) is 6.08 Å². The summed E-state index contributed by atoms with van der Waals surface area (Å²) in [5, 5.41) is 0.838. The van der Waals surface area contributed by atoms with Gasteiger partial charge >= 0.3 is 0 Å². The molecular weight excluding hydrogens is 280 g/mol. The number of carbonyl (C=O) groups excluding carboxylic acids is 1. The second-order valence-electron chi connectivity index (χ2n) is 3.52. The number of hydrogen-bond acceptors (Lipinski definition) is 2. The molecule has 0 saturated carbocycles. The molecule has 0 bridgehead atoms. The summed E-state index contributed by atoms with van der Waals surface area (Å²) < 4.78 is 1.43. The average Bonchev–Trinajstić information content (AvgIpc) is 2.90. The first-order chi connectivity index (χ1) is 8.29. The zero-order valence-corrected chi connectivity index (χ0v) is 10.7. The Morgan fingerprint density at radius 3 is 2.71 bits per heavy atom. The molecule has 0 aliphatic heterocycles. The molecule has 0 aliphatic rings. The molecule has 17 heavy (non-hydrogen) atoms. The zero-order valence-electron chi connectivity index (χ0n) is 9.08. The third-order valence-corrected chi connectivity index (χ3v) is 2.96. The number of allylic oxidation sites excluding steroid dienone is 1. The van der Waals surface area contributed by atoms with Crippen LogP contribution in [0.4, 0.5) is 0 Å². The second kappa shape index (κ2) is 5.59. The van der Waals surface area contributed by atoms with Gasteiger partial charge in [-0.25, -0.2) is 4.98 Å². The van der Waals surface area contributed by atoms with E-state index in [-0.39, 0.29) is 5.91 Å². The smallest absolute Gasteiger partial charge is 0.255 e. The number of nitrogens with zero attached hydrogens (tertiary/aromatic N) is 2. The SMILES string of the molecule is O=C(/C=C/c1ccc(CBr)cc1)n1ccnc1. The van der Waals surface area contributed by atoms with Crippen molar-refractivity contribution >= 4 is 27.9 Å². The van der Waals surface area contributed by atoms with Crippen LogP contribution in [0.1, 0.15) is 15.9 Å². The molecule has 1 aromatic heterocycles. The highest BCUT2D eigenvalue weighted by molar-refractivity contribution is 9.08. The van der Waals surface area contributed by atoms with Crippen molar-refractivity contribution in [1.82, 2.24) is 9.55 Å². The summed E-state index contributed by atoms with van der Waals surface area (Å²) in [6.45, 7) is 0. The van der Waals surface area contributed by atoms with Crippen molar-refractivity contribution in [3.8, 4) is 0 Å². The maximum atomic E-state index is 11.6. The van der Waals surface area contributed by atoms with Crippen LogP contribution < -0.4 is 0 Å². The minimum atomic E-state index is -0.105. The van der Waals surface area contributed by atoms with Gasteiger partial charge in [0.25, 0.3) is 5.91 Å². The number of imidazole rings is 1. The highest BCUT2D eigenvalue weighted by Crippen LogP contribution is 2.09. The van der Waals surface area contributed by atoms with Gasteiger partial charge in [0.1, 0.15) is 6.33 Å². The molecule has 0 saturated heterocycles. The molecule has 1 aromatic carbocycles. The Bertz CT molecular complexity index is 515.